The van der Waals surface area contributed by atoms with E-state index in [2.05, 4.69) is 4.98 Å². The fraction of sp³-hybridized carbons (Fsp3) is 0.0526. The van der Waals surface area contributed by atoms with Crippen LogP contribution in [0.25, 0.3) is 11.3 Å². The van der Waals surface area contributed by atoms with Gasteiger partial charge in [0.1, 0.15) is 0 Å². The molecule has 0 aliphatic heterocycles. The van der Waals surface area contributed by atoms with Gasteiger partial charge < -0.3 is 0 Å². The van der Waals surface area contributed by atoms with Crippen LogP contribution in [0.3, 0.4) is 0 Å². The van der Waals surface area contributed by atoms with Crippen LogP contribution in [-0.2, 0) is 0 Å². The smallest absolute Gasteiger partial charge is 0.194 e. The van der Waals surface area contributed by atoms with Gasteiger partial charge in [-0.05, 0) is 19.1 Å². The molecule has 0 amide bonds. The molecule has 3 rings (SSSR count). The maximum atomic E-state index is 12.5. The minimum absolute atomic E-state index is 0.0141. The van der Waals surface area contributed by atoms with Crippen LogP contribution in [0.2, 0.25) is 0 Å². The lowest BCUT2D eigenvalue weighted by Crippen LogP contribution is -2.05. The molecule has 0 N–H and O–H groups in total. The van der Waals surface area contributed by atoms with E-state index >= 15 is 0 Å². The second kappa shape index (κ2) is 5.71. The van der Waals surface area contributed by atoms with E-state index in [0.29, 0.717) is 11.1 Å². The van der Waals surface area contributed by atoms with Gasteiger partial charge in [-0.15, -0.1) is 0 Å². The van der Waals surface area contributed by atoms with E-state index in [9.17, 15) is 4.79 Å². The van der Waals surface area contributed by atoms with E-state index in [1.54, 1.807) is 0 Å². The number of pyridine rings is 1. The molecule has 0 unspecified atom stereocenters. The molecule has 102 valence electrons. The Morgan fingerprint density at radius 1 is 0.810 bits per heavy atom. The molecule has 3 aromatic rings. The van der Waals surface area contributed by atoms with Crippen molar-refractivity contribution in [2.24, 2.45) is 0 Å². The molecule has 0 saturated carbocycles. The lowest BCUT2D eigenvalue weighted by Gasteiger charge is -2.07. The molecule has 2 aromatic carbocycles. The molecule has 21 heavy (non-hydrogen) atoms. The third-order valence-corrected chi connectivity index (χ3v) is 3.44. The number of ketones is 1. The van der Waals surface area contributed by atoms with Crippen molar-refractivity contribution < 1.29 is 4.79 Å². The zero-order valence-corrected chi connectivity index (χ0v) is 11.8. The highest BCUT2D eigenvalue weighted by Crippen LogP contribution is 2.20. The quantitative estimate of drug-likeness (QED) is 0.666. The fourth-order valence-corrected chi connectivity index (χ4v) is 2.32. The Morgan fingerprint density at radius 3 is 2.05 bits per heavy atom. The standard InChI is InChI=1S/C19H15NO/c1-14-17(19(21)16-10-6-3-7-11-16)12-13-18(20-14)15-8-4-2-5-9-15/h2-13H,1H3. The Balaban J connectivity index is 1.98. The summed E-state index contributed by atoms with van der Waals surface area (Å²) in [5.41, 5.74) is 4.04. The number of nitrogens with zero attached hydrogens (tertiary/aromatic N) is 1. The van der Waals surface area contributed by atoms with Crippen molar-refractivity contribution in [3.05, 3.63) is 89.6 Å². The third-order valence-electron chi connectivity index (χ3n) is 3.44. The monoisotopic (exact) mass is 273 g/mol. The predicted octanol–water partition coefficient (Wildman–Crippen LogP) is 4.29. The van der Waals surface area contributed by atoms with Crippen LogP contribution in [0.15, 0.2) is 72.8 Å². The summed E-state index contributed by atoms with van der Waals surface area (Å²) >= 11 is 0. The molecular weight excluding hydrogens is 258 g/mol. The van der Waals surface area contributed by atoms with E-state index < -0.39 is 0 Å². The summed E-state index contributed by atoms with van der Waals surface area (Å²) in [7, 11) is 0. The van der Waals surface area contributed by atoms with Crippen molar-refractivity contribution in [3.8, 4) is 11.3 Å². The topological polar surface area (TPSA) is 30.0 Å². The molecule has 1 aromatic heterocycles. The number of hydrogen-bond donors (Lipinski definition) is 0. The first-order chi connectivity index (χ1) is 10.3. The van der Waals surface area contributed by atoms with Gasteiger partial charge in [-0.1, -0.05) is 60.7 Å². The molecule has 0 saturated heterocycles. The van der Waals surface area contributed by atoms with E-state index in [1.165, 1.54) is 0 Å². The van der Waals surface area contributed by atoms with Gasteiger partial charge >= 0.3 is 0 Å². The number of carbonyl (C=O) groups excluding carboxylic acids is 1. The summed E-state index contributed by atoms with van der Waals surface area (Å²) in [6, 6.07) is 23.0. The normalized spacial score (nSPS) is 10.3. The minimum Gasteiger partial charge on any atom is -0.289 e. The molecule has 2 heteroatoms. The number of aryl methyl sites for hydroxylation is 1. The molecular formula is C19H15NO. The second-order valence-corrected chi connectivity index (χ2v) is 4.89. The molecule has 0 bridgehead atoms. The average Bonchev–Trinajstić information content (AvgIpc) is 2.56. The van der Waals surface area contributed by atoms with Crippen molar-refractivity contribution >= 4 is 5.78 Å². The van der Waals surface area contributed by atoms with Gasteiger partial charge in [0.2, 0.25) is 0 Å². The van der Waals surface area contributed by atoms with E-state index in [1.807, 2.05) is 79.7 Å². The van der Waals surface area contributed by atoms with Gasteiger partial charge in [0.15, 0.2) is 5.78 Å². The van der Waals surface area contributed by atoms with Crippen LogP contribution in [0, 0.1) is 6.92 Å². The van der Waals surface area contributed by atoms with Crippen LogP contribution < -0.4 is 0 Å². The van der Waals surface area contributed by atoms with Crippen molar-refractivity contribution in [2.45, 2.75) is 6.92 Å². The van der Waals surface area contributed by atoms with Crippen molar-refractivity contribution in [1.82, 2.24) is 4.98 Å². The first-order valence-corrected chi connectivity index (χ1v) is 6.88. The number of hydrogen-bond acceptors (Lipinski definition) is 2. The van der Waals surface area contributed by atoms with Gasteiger partial charge in [0, 0.05) is 22.4 Å². The third kappa shape index (κ3) is 2.75. The lowest BCUT2D eigenvalue weighted by atomic mass is 10.0. The largest absolute Gasteiger partial charge is 0.289 e. The average molecular weight is 273 g/mol. The Labute approximate surface area is 124 Å². The second-order valence-electron chi connectivity index (χ2n) is 4.89. The summed E-state index contributed by atoms with van der Waals surface area (Å²) in [6.45, 7) is 1.88. The fourth-order valence-electron chi connectivity index (χ4n) is 2.32. The van der Waals surface area contributed by atoms with Crippen LogP contribution >= 0.6 is 0 Å². The maximum Gasteiger partial charge on any atom is 0.194 e. The zero-order valence-electron chi connectivity index (χ0n) is 11.8. The Bertz CT molecular complexity index is 764. The lowest BCUT2D eigenvalue weighted by molar-refractivity contribution is 0.103. The van der Waals surface area contributed by atoms with Crippen molar-refractivity contribution in [2.75, 3.05) is 0 Å². The van der Waals surface area contributed by atoms with Crippen LogP contribution in [0.4, 0.5) is 0 Å². The first-order valence-electron chi connectivity index (χ1n) is 6.88. The summed E-state index contributed by atoms with van der Waals surface area (Å²) in [6.07, 6.45) is 0. The number of rotatable bonds is 3. The molecule has 2 nitrogen and oxygen atoms in total. The highest BCUT2D eigenvalue weighted by atomic mass is 16.1. The molecule has 0 spiro atoms. The van der Waals surface area contributed by atoms with Gasteiger partial charge in [-0.2, -0.15) is 0 Å². The van der Waals surface area contributed by atoms with Crippen LogP contribution in [-0.4, -0.2) is 10.8 Å². The molecule has 0 radical (unpaired) electrons. The summed E-state index contributed by atoms with van der Waals surface area (Å²) in [5, 5.41) is 0. The summed E-state index contributed by atoms with van der Waals surface area (Å²) in [5.74, 6) is 0.0141. The highest BCUT2D eigenvalue weighted by molar-refractivity contribution is 6.09. The van der Waals surface area contributed by atoms with Crippen LogP contribution in [0.1, 0.15) is 21.6 Å². The molecule has 0 aliphatic rings. The SMILES string of the molecule is Cc1nc(-c2ccccc2)ccc1C(=O)c1ccccc1. The molecule has 0 atom stereocenters. The van der Waals surface area contributed by atoms with E-state index in [4.69, 9.17) is 0 Å². The Morgan fingerprint density at radius 2 is 1.43 bits per heavy atom. The summed E-state index contributed by atoms with van der Waals surface area (Å²) in [4.78, 5) is 17.0. The molecule has 0 aliphatic carbocycles. The van der Waals surface area contributed by atoms with E-state index in [-0.39, 0.29) is 5.78 Å². The van der Waals surface area contributed by atoms with Crippen molar-refractivity contribution in [1.29, 1.82) is 0 Å². The first kappa shape index (κ1) is 13.3. The van der Waals surface area contributed by atoms with Gasteiger partial charge in [0.05, 0.1) is 5.69 Å². The van der Waals surface area contributed by atoms with E-state index in [0.717, 1.165) is 17.0 Å². The van der Waals surface area contributed by atoms with Crippen LogP contribution in [0.5, 0.6) is 0 Å². The minimum atomic E-state index is 0.0141. The van der Waals surface area contributed by atoms with Gasteiger partial charge in [0.25, 0.3) is 0 Å². The Hall–Kier alpha value is -2.74. The van der Waals surface area contributed by atoms with Crippen molar-refractivity contribution in [3.63, 3.8) is 0 Å². The zero-order chi connectivity index (χ0) is 14.7. The number of aromatic nitrogens is 1. The van der Waals surface area contributed by atoms with Gasteiger partial charge in [-0.3, -0.25) is 9.78 Å². The van der Waals surface area contributed by atoms with Gasteiger partial charge in [-0.25, -0.2) is 0 Å². The predicted molar refractivity (Wildman–Crippen MR) is 84.3 cm³/mol. The number of benzene rings is 2. The molecule has 0 fully saturated rings. The summed E-state index contributed by atoms with van der Waals surface area (Å²) < 4.78 is 0. The Kier molecular flexibility index (Phi) is 3.61. The highest BCUT2D eigenvalue weighted by Gasteiger charge is 2.13. The number of carbonyl (C=O) groups is 1. The maximum absolute atomic E-state index is 12.5. The molecule has 1 heterocycles.